The average molecular weight is 642 g/mol. The monoisotopic (exact) mass is 641 g/mol. The molecule has 2 aliphatic heterocycles. The number of nitrogens with zero attached hydrogens (tertiary/aromatic N) is 6. The Morgan fingerprint density at radius 1 is 1.18 bits per heavy atom. The van der Waals surface area contributed by atoms with Crippen LogP contribution >= 0.6 is 11.6 Å². The Morgan fingerprint density at radius 3 is 2.48 bits per heavy atom. The Kier molecular flexibility index (Phi) is 8.22. The van der Waals surface area contributed by atoms with Gasteiger partial charge in [0.1, 0.15) is 17.5 Å². The lowest BCUT2D eigenvalue weighted by atomic mass is 9.96. The van der Waals surface area contributed by atoms with Crippen molar-refractivity contribution in [1.82, 2.24) is 34.9 Å². The van der Waals surface area contributed by atoms with E-state index in [0.717, 1.165) is 18.5 Å². The zero-order chi connectivity index (χ0) is 32.1. The fourth-order valence-electron chi connectivity index (χ4n) is 5.33. The minimum atomic E-state index is -4.75. The quantitative estimate of drug-likeness (QED) is 0.403. The summed E-state index contributed by atoms with van der Waals surface area (Å²) in [6, 6.07) is 1.47. The van der Waals surface area contributed by atoms with Gasteiger partial charge in [-0.15, -0.1) is 0 Å². The third-order valence-corrected chi connectivity index (χ3v) is 7.96. The van der Waals surface area contributed by atoms with E-state index in [2.05, 4.69) is 25.1 Å². The van der Waals surface area contributed by atoms with Crippen LogP contribution in [0, 0.1) is 0 Å². The highest BCUT2D eigenvalue weighted by atomic mass is 35.5. The third kappa shape index (κ3) is 5.65. The van der Waals surface area contributed by atoms with Gasteiger partial charge in [0.05, 0.1) is 29.8 Å². The Bertz CT molecular complexity index is 1620. The SMILES string of the molecule is CNC(=O)[C@@H]1CN(C(C)c2cnc(C(F)(F)F)nc2)C(=O)c2c3c(nn21)C[C@@H](C)N(C(=O)c1ccc(Cl)c(OC(F)F)c1)C3. The largest absolute Gasteiger partial charge is 0.451 e. The lowest BCUT2D eigenvalue weighted by Gasteiger charge is -2.37. The Hall–Kier alpha value is -4.34. The lowest BCUT2D eigenvalue weighted by Crippen LogP contribution is -2.49. The number of carbonyl (C=O) groups is 3. The molecule has 1 N–H and O–H groups in total. The van der Waals surface area contributed by atoms with Crippen molar-refractivity contribution in [2.45, 2.75) is 57.7 Å². The topological polar surface area (TPSA) is 123 Å². The maximum atomic E-state index is 14.0. The minimum absolute atomic E-state index is 0.0218. The normalized spacial score (nSPS) is 19.0. The molecule has 0 aliphatic carbocycles. The summed E-state index contributed by atoms with van der Waals surface area (Å²) in [7, 11) is 1.42. The van der Waals surface area contributed by atoms with Gasteiger partial charge in [-0.1, -0.05) is 11.6 Å². The molecule has 0 spiro atoms. The van der Waals surface area contributed by atoms with Crippen LogP contribution in [0.4, 0.5) is 22.0 Å². The molecule has 11 nitrogen and oxygen atoms in total. The fourth-order valence-corrected chi connectivity index (χ4v) is 5.49. The molecule has 0 saturated heterocycles. The fraction of sp³-hybridized carbons (Fsp3) is 0.407. The standard InChI is InChI=1S/C27H25ClF5N7O4/c1-12-6-18-16(10-38(12)23(42)14-4-5-17(28)20(7-14)44-26(29)30)21-24(43)39(11-19(22(41)34-3)40(21)37-18)13(2)15-8-35-25(36-9-15)27(31,32)33/h4-5,7-9,12-13,19,26H,6,10-11H2,1-3H3,(H,34,41)/t12-,13?,19+/m1/s1. The second kappa shape index (κ2) is 11.6. The number of alkyl halides is 5. The van der Waals surface area contributed by atoms with Crippen molar-refractivity contribution in [2.75, 3.05) is 13.6 Å². The van der Waals surface area contributed by atoms with Crippen LogP contribution in [0.5, 0.6) is 5.75 Å². The highest BCUT2D eigenvalue weighted by Crippen LogP contribution is 2.36. The molecular formula is C27H25ClF5N7O4. The lowest BCUT2D eigenvalue weighted by molar-refractivity contribution is -0.145. The molecule has 0 saturated carbocycles. The van der Waals surface area contributed by atoms with Crippen molar-refractivity contribution < 1.29 is 41.1 Å². The number of carbonyl (C=O) groups excluding carboxylic acids is 3. The highest BCUT2D eigenvalue weighted by Gasteiger charge is 2.44. The molecule has 5 rings (SSSR count). The van der Waals surface area contributed by atoms with Crippen LogP contribution in [0.1, 0.15) is 69.4 Å². The van der Waals surface area contributed by atoms with E-state index in [1.807, 2.05) is 0 Å². The zero-order valence-corrected chi connectivity index (χ0v) is 24.2. The molecule has 44 heavy (non-hydrogen) atoms. The summed E-state index contributed by atoms with van der Waals surface area (Å²) in [5.41, 5.74) is 1.15. The van der Waals surface area contributed by atoms with Gasteiger partial charge < -0.3 is 19.9 Å². The van der Waals surface area contributed by atoms with Gasteiger partial charge in [0.25, 0.3) is 11.8 Å². The second-order valence-corrected chi connectivity index (χ2v) is 10.7. The second-order valence-electron chi connectivity index (χ2n) is 10.3. The number of halogens is 6. The number of likely N-dealkylation sites (N-methyl/N-ethyl adjacent to an activating group) is 1. The number of amides is 3. The number of nitrogens with one attached hydrogen (secondary N) is 1. The molecule has 0 radical (unpaired) electrons. The molecule has 3 aromatic rings. The molecule has 3 amide bonds. The molecule has 2 aliphatic rings. The van der Waals surface area contributed by atoms with Crippen molar-refractivity contribution >= 4 is 29.3 Å². The van der Waals surface area contributed by atoms with Crippen LogP contribution in [-0.2, 0) is 23.9 Å². The van der Waals surface area contributed by atoms with Crippen LogP contribution in [0.2, 0.25) is 5.02 Å². The van der Waals surface area contributed by atoms with Crippen LogP contribution in [-0.4, -0.2) is 73.5 Å². The van der Waals surface area contributed by atoms with E-state index in [0.29, 0.717) is 11.3 Å². The molecule has 2 aromatic heterocycles. The molecule has 3 atom stereocenters. The maximum absolute atomic E-state index is 14.0. The van der Waals surface area contributed by atoms with Gasteiger partial charge in [-0.2, -0.15) is 27.1 Å². The molecule has 17 heteroatoms. The van der Waals surface area contributed by atoms with E-state index in [4.69, 9.17) is 11.6 Å². The van der Waals surface area contributed by atoms with Gasteiger partial charge >= 0.3 is 12.8 Å². The zero-order valence-electron chi connectivity index (χ0n) is 23.4. The van der Waals surface area contributed by atoms with Crippen LogP contribution < -0.4 is 10.1 Å². The van der Waals surface area contributed by atoms with Crippen molar-refractivity contribution in [3.05, 3.63) is 69.5 Å². The van der Waals surface area contributed by atoms with E-state index < -0.39 is 54.5 Å². The predicted octanol–water partition coefficient (Wildman–Crippen LogP) is 4.04. The summed E-state index contributed by atoms with van der Waals surface area (Å²) in [6.07, 6.45) is -2.58. The first-order valence-corrected chi connectivity index (χ1v) is 13.7. The number of rotatable bonds is 6. The van der Waals surface area contributed by atoms with Gasteiger partial charge in [0, 0.05) is 48.6 Å². The number of benzene rings is 1. The van der Waals surface area contributed by atoms with E-state index in [1.165, 1.54) is 33.7 Å². The van der Waals surface area contributed by atoms with Crippen molar-refractivity contribution in [2.24, 2.45) is 0 Å². The van der Waals surface area contributed by atoms with E-state index in [9.17, 15) is 36.3 Å². The van der Waals surface area contributed by atoms with Crippen molar-refractivity contribution in [3.63, 3.8) is 0 Å². The Labute approximate surface area is 251 Å². The van der Waals surface area contributed by atoms with E-state index >= 15 is 0 Å². The molecule has 1 unspecified atom stereocenters. The molecule has 4 heterocycles. The first-order valence-electron chi connectivity index (χ1n) is 13.3. The molecule has 0 bridgehead atoms. The van der Waals surface area contributed by atoms with Gasteiger partial charge in [-0.3, -0.25) is 14.4 Å². The third-order valence-electron chi connectivity index (χ3n) is 7.65. The van der Waals surface area contributed by atoms with E-state index in [1.54, 1.807) is 13.8 Å². The first-order chi connectivity index (χ1) is 20.7. The number of hydrogen-bond acceptors (Lipinski definition) is 7. The minimum Gasteiger partial charge on any atom is -0.433 e. The van der Waals surface area contributed by atoms with Crippen molar-refractivity contribution in [3.8, 4) is 5.75 Å². The summed E-state index contributed by atoms with van der Waals surface area (Å²) >= 11 is 5.94. The number of hydrogen-bond donors (Lipinski definition) is 1. The average Bonchev–Trinajstić information content (AvgIpc) is 3.35. The maximum Gasteiger partial charge on any atom is 0.451 e. The predicted molar refractivity (Wildman–Crippen MR) is 143 cm³/mol. The molecule has 1 aromatic carbocycles. The Balaban J connectivity index is 1.50. The number of aromatic nitrogens is 4. The molecular weight excluding hydrogens is 617 g/mol. The first kappa shape index (κ1) is 31.1. The molecule has 0 fully saturated rings. The summed E-state index contributed by atoms with van der Waals surface area (Å²) in [6.45, 7) is -0.0870. The highest BCUT2D eigenvalue weighted by molar-refractivity contribution is 6.32. The molecule has 234 valence electrons. The van der Waals surface area contributed by atoms with Gasteiger partial charge in [-0.25, -0.2) is 14.6 Å². The summed E-state index contributed by atoms with van der Waals surface area (Å²) in [5, 5.41) is 7.01. The summed E-state index contributed by atoms with van der Waals surface area (Å²) < 4.78 is 70.4. The van der Waals surface area contributed by atoms with Crippen LogP contribution in [0.15, 0.2) is 30.6 Å². The van der Waals surface area contributed by atoms with Crippen molar-refractivity contribution in [1.29, 1.82) is 0 Å². The summed E-state index contributed by atoms with van der Waals surface area (Å²) in [5.74, 6) is -3.28. The summed E-state index contributed by atoms with van der Waals surface area (Å²) in [4.78, 5) is 50.0. The van der Waals surface area contributed by atoms with Crippen LogP contribution in [0.25, 0.3) is 0 Å². The number of fused-ring (bicyclic) bond motifs is 3. The van der Waals surface area contributed by atoms with Gasteiger partial charge in [0.2, 0.25) is 11.7 Å². The van der Waals surface area contributed by atoms with Crippen LogP contribution in [0.3, 0.4) is 0 Å². The number of ether oxygens (including phenoxy) is 1. The van der Waals surface area contributed by atoms with Gasteiger partial charge in [0.15, 0.2) is 0 Å². The van der Waals surface area contributed by atoms with Gasteiger partial charge in [-0.05, 0) is 32.0 Å². The Morgan fingerprint density at radius 2 is 1.86 bits per heavy atom. The smallest absolute Gasteiger partial charge is 0.433 e. The van der Waals surface area contributed by atoms with E-state index in [-0.39, 0.29) is 47.1 Å².